The van der Waals surface area contributed by atoms with Gasteiger partial charge in [-0.15, -0.1) is 11.3 Å². The number of benzene rings is 2. The van der Waals surface area contributed by atoms with Crippen LogP contribution in [0.25, 0.3) is 0 Å². The Bertz CT molecular complexity index is 1150. The van der Waals surface area contributed by atoms with Gasteiger partial charge < -0.3 is 0 Å². The number of hydrogen-bond donors (Lipinski definition) is 1. The maximum atomic E-state index is 13.0. The Morgan fingerprint density at radius 2 is 1.90 bits per heavy atom. The van der Waals surface area contributed by atoms with Gasteiger partial charge in [0.25, 0.3) is 5.91 Å². The van der Waals surface area contributed by atoms with Crippen molar-refractivity contribution in [1.82, 2.24) is 9.29 Å². The van der Waals surface area contributed by atoms with Gasteiger partial charge in [-0.25, -0.2) is 22.1 Å². The molecule has 0 atom stereocenters. The van der Waals surface area contributed by atoms with Crippen LogP contribution in [0.4, 0.5) is 9.52 Å². The highest BCUT2D eigenvalue weighted by Gasteiger charge is 2.22. The third-order valence-electron chi connectivity index (χ3n) is 4.02. The first-order valence-electron chi connectivity index (χ1n) is 8.39. The highest BCUT2D eigenvalue weighted by atomic mass is 35.5. The topological polar surface area (TPSA) is 79.4 Å². The third-order valence-corrected chi connectivity index (χ3v) is 7.23. The quantitative estimate of drug-likeness (QED) is 0.611. The van der Waals surface area contributed by atoms with Gasteiger partial charge in [-0.2, -0.15) is 0 Å². The molecule has 1 amide bonds. The summed E-state index contributed by atoms with van der Waals surface area (Å²) in [5, 5.41) is 3.07. The molecule has 3 aromatic rings. The molecule has 1 N–H and O–H groups in total. The molecule has 0 spiro atoms. The Hall–Kier alpha value is -2.33. The van der Waals surface area contributed by atoms with E-state index < -0.39 is 15.9 Å². The molecule has 0 aliphatic carbocycles. The van der Waals surface area contributed by atoms with Gasteiger partial charge in [0.1, 0.15) is 10.7 Å². The summed E-state index contributed by atoms with van der Waals surface area (Å²) in [6.45, 7) is 0. The SMILES string of the molecule is CN(C)S(=O)(=O)c1cc(C(=O)Nc2ncc(Cc3ccc(F)cc3)s2)ccc1Cl. The number of carbonyl (C=O) groups excluding carboxylic acids is 1. The van der Waals surface area contributed by atoms with Crippen molar-refractivity contribution >= 4 is 44.0 Å². The molecule has 1 aromatic heterocycles. The molecule has 0 radical (unpaired) electrons. The molecule has 0 saturated heterocycles. The minimum absolute atomic E-state index is 0.0334. The average molecular weight is 454 g/mol. The van der Waals surface area contributed by atoms with E-state index in [0.29, 0.717) is 11.6 Å². The van der Waals surface area contributed by atoms with Crippen molar-refractivity contribution in [1.29, 1.82) is 0 Å². The van der Waals surface area contributed by atoms with Crippen LogP contribution in [0.15, 0.2) is 53.6 Å². The summed E-state index contributed by atoms with van der Waals surface area (Å²) >= 11 is 7.29. The molecule has 0 aliphatic heterocycles. The zero-order valence-corrected chi connectivity index (χ0v) is 17.9. The Labute approximate surface area is 177 Å². The van der Waals surface area contributed by atoms with E-state index in [9.17, 15) is 17.6 Å². The number of nitrogens with one attached hydrogen (secondary N) is 1. The van der Waals surface area contributed by atoms with Crippen molar-refractivity contribution in [2.45, 2.75) is 11.3 Å². The van der Waals surface area contributed by atoms with Crippen LogP contribution in [0, 0.1) is 5.82 Å². The summed E-state index contributed by atoms with van der Waals surface area (Å²) in [6.07, 6.45) is 2.19. The first-order chi connectivity index (χ1) is 13.7. The molecule has 2 aromatic carbocycles. The number of nitrogens with zero attached hydrogens (tertiary/aromatic N) is 2. The van der Waals surface area contributed by atoms with Crippen molar-refractivity contribution in [2.75, 3.05) is 19.4 Å². The monoisotopic (exact) mass is 453 g/mol. The summed E-state index contributed by atoms with van der Waals surface area (Å²) in [6, 6.07) is 10.2. The number of sulfonamides is 1. The Morgan fingerprint density at radius 3 is 2.55 bits per heavy atom. The van der Waals surface area contributed by atoms with Crippen molar-refractivity contribution in [3.63, 3.8) is 0 Å². The van der Waals surface area contributed by atoms with Crippen LogP contribution >= 0.6 is 22.9 Å². The number of amides is 1. The molecule has 0 fully saturated rings. The van der Waals surface area contributed by atoms with Gasteiger partial charge in [-0.05, 0) is 35.9 Å². The van der Waals surface area contributed by atoms with E-state index in [1.54, 1.807) is 18.3 Å². The van der Waals surface area contributed by atoms with Crippen LogP contribution in [0.2, 0.25) is 5.02 Å². The number of carbonyl (C=O) groups is 1. The fourth-order valence-corrected chi connectivity index (χ4v) is 4.69. The normalized spacial score (nSPS) is 11.6. The summed E-state index contributed by atoms with van der Waals surface area (Å²) in [7, 11) is -1.02. The molecule has 6 nitrogen and oxygen atoms in total. The molecule has 0 aliphatic rings. The van der Waals surface area contributed by atoms with E-state index in [1.165, 1.54) is 55.8 Å². The fourth-order valence-electron chi connectivity index (χ4n) is 2.46. The van der Waals surface area contributed by atoms with Gasteiger partial charge in [-0.3, -0.25) is 10.1 Å². The van der Waals surface area contributed by atoms with E-state index in [2.05, 4.69) is 10.3 Å². The number of rotatable bonds is 6. The second kappa shape index (κ2) is 8.58. The molecule has 0 bridgehead atoms. The molecule has 152 valence electrons. The minimum atomic E-state index is -3.79. The third kappa shape index (κ3) is 4.99. The van der Waals surface area contributed by atoms with Gasteiger partial charge in [0.2, 0.25) is 10.0 Å². The predicted molar refractivity (Wildman–Crippen MR) is 112 cm³/mol. The van der Waals surface area contributed by atoms with Crippen LogP contribution in [-0.4, -0.2) is 37.7 Å². The van der Waals surface area contributed by atoms with Crippen molar-refractivity contribution in [3.8, 4) is 0 Å². The lowest BCUT2D eigenvalue weighted by molar-refractivity contribution is 0.102. The highest BCUT2D eigenvalue weighted by molar-refractivity contribution is 7.89. The highest BCUT2D eigenvalue weighted by Crippen LogP contribution is 2.26. The van der Waals surface area contributed by atoms with Crippen LogP contribution in [-0.2, 0) is 16.4 Å². The molecule has 29 heavy (non-hydrogen) atoms. The Balaban J connectivity index is 1.76. The minimum Gasteiger partial charge on any atom is -0.298 e. The zero-order valence-electron chi connectivity index (χ0n) is 15.5. The zero-order chi connectivity index (χ0) is 21.2. The second-order valence-electron chi connectivity index (χ2n) is 6.32. The first-order valence-corrected chi connectivity index (χ1v) is 11.0. The molecule has 1 heterocycles. The lowest BCUT2D eigenvalue weighted by Crippen LogP contribution is -2.23. The molecule has 0 saturated carbocycles. The summed E-state index contributed by atoms with van der Waals surface area (Å²) in [4.78, 5) is 17.5. The largest absolute Gasteiger partial charge is 0.298 e. The van der Waals surface area contributed by atoms with Crippen molar-refractivity contribution in [3.05, 3.63) is 75.5 Å². The lowest BCUT2D eigenvalue weighted by Gasteiger charge is -2.13. The van der Waals surface area contributed by atoms with Crippen molar-refractivity contribution < 1.29 is 17.6 Å². The average Bonchev–Trinajstić information content (AvgIpc) is 3.10. The summed E-state index contributed by atoms with van der Waals surface area (Å²) < 4.78 is 38.7. The standard InChI is InChI=1S/C19H17ClFN3O3S2/c1-24(2)29(26,27)17-10-13(5-8-16(17)20)18(25)23-19-22-11-15(28-19)9-12-3-6-14(21)7-4-12/h3-8,10-11H,9H2,1-2H3,(H,22,23,25). The smallest absolute Gasteiger partial charge is 0.257 e. The van der Waals surface area contributed by atoms with E-state index >= 15 is 0 Å². The number of anilines is 1. The van der Waals surface area contributed by atoms with Gasteiger partial charge in [0, 0.05) is 37.2 Å². The summed E-state index contributed by atoms with van der Waals surface area (Å²) in [5.41, 5.74) is 1.06. The second-order valence-corrected chi connectivity index (χ2v) is 9.96. The first kappa shape index (κ1) is 21.4. The van der Waals surface area contributed by atoms with Gasteiger partial charge in [0.05, 0.1) is 5.02 Å². The van der Waals surface area contributed by atoms with Crippen LogP contribution < -0.4 is 5.32 Å². The lowest BCUT2D eigenvalue weighted by atomic mass is 10.1. The fraction of sp³-hybridized carbons (Fsp3) is 0.158. The van der Waals surface area contributed by atoms with Gasteiger partial charge in [0.15, 0.2) is 5.13 Å². The van der Waals surface area contributed by atoms with E-state index in [1.807, 2.05) is 0 Å². The Morgan fingerprint density at radius 1 is 1.21 bits per heavy atom. The molecular weight excluding hydrogens is 437 g/mol. The van der Waals surface area contributed by atoms with Gasteiger partial charge in [-0.1, -0.05) is 23.7 Å². The Kier molecular flexibility index (Phi) is 6.33. The van der Waals surface area contributed by atoms with Crippen LogP contribution in [0.5, 0.6) is 0 Å². The molecule has 0 unspecified atom stereocenters. The number of aromatic nitrogens is 1. The molecular formula is C19H17ClFN3O3S2. The van der Waals surface area contributed by atoms with Crippen molar-refractivity contribution in [2.24, 2.45) is 0 Å². The van der Waals surface area contributed by atoms with E-state index in [4.69, 9.17) is 11.6 Å². The maximum Gasteiger partial charge on any atom is 0.257 e. The number of hydrogen-bond acceptors (Lipinski definition) is 5. The maximum absolute atomic E-state index is 13.0. The van der Waals surface area contributed by atoms with Crippen LogP contribution in [0.1, 0.15) is 20.8 Å². The number of halogens is 2. The number of thiazole rings is 1. The molecule has 3 rings (SSSR count). The van der Waals surface area contributed by atoms with E-state index in [-0.39, 0.29) is 21.3 Å². The predicted octanol–water partition coefficient (Wildman–Crippen LogP) is 4.03. The van der Waals surface area contributed by atoms with E-state index in [0.717, 1.165) is 14.7 Å². The summed E-state index contributed by atoms with van der Waals surface area (Å²) in [5.74, 6) is -0.802. The molecule has 10 heteroatoms. The van der Waals surface area contributed by atoms with Crippen LogP contribution in [0.3, 0.4) is 0 Å². The van der Waals surface area contributed by atoms with Gasteiger partial charge >= 0.3 is 0 Å².